The van der Waals surface area contributed by atoms with Crippen LogP contribution in [-0.4, -0.2) is 24.7 Å². The maximum absolute atomic E-state index is 12.0. The van der Waals surface area contributed by atoms with E-state index in [2.05, 4.69) is 15.0 Å². The molecule has 0 radical (unpaired) electrons. The molecule has 0 saturated carbocycles. The van der Waals surface area contributed by atoms with Crippen molar-refractivity contribution in [3.05, 3.63) is 32.6 Å². The monoisotopic (exact) mass is 306 g/mol. The van der Waals surface area contributed by atoms with E-state index in [-0.39, 0.29) is 17.2 Å². The topological polar surface area (TPSA) is 97.2 Å². The highest BCUT2D eigenvalue weighted by atomic mass is 32.1. The number of hydrogen-bond acceptors (Lipinski definition) is 6. The van der Waals surface area contributed by atoms with Crippen molar-refractivity contribution >= 4 is 33.2 Å². The molecule has 2 aromatic heterocycles. The molecule has 0 N–H and O–H groups in total. The van der Waals surface area contributed by atoms with Crippen molar-refractivity contribution in [3.63, 3.8) is 0 Å². The largest absolute Gasteiger partial charge is 0.462 e. The number of azide groups is 1. The normalized spacial score (nSPS) is 10.4. The van der Waals surface area contributed by atoms with Crippen LogP contribution in [0.1, 0.15) is 27.9 Å². The number of hydrogen-bond donors (Lipinski definition) is 0. The van der Waals surface area contributed by atoms with Crippen LogP contribution in [0.2, 0.25) is 0 Å². The summed E-state index contributed by atoms with van der Waals surface area (Å²) >= 11 is 1.16. The fraction of sp³-hybridized carbons (Fsp3) is 0.385. The number of aryl methyl sites for hydroxylation is 1. The molecule has 0 aliphatic rings. The molecule has 0 fully saturated rings. The average Bonchev–Trinajstić information content (AvgIpc) is 2.78. The number of pyridine rings is 1. The average molecular weight is 306 g/mol. The summed E-state index contributed by atoms with van der Waals surface area (Å²) in [5.74, 6) is -0.510. The molecule has 0 spiro atoms. The third-order valence-electron chi connectivity index (χ3n) is 2.75. The highest BCUT2D eigenvalue weighted by Gasteiger charge is 2.22. The molecular formula is C13H14N4O3S. The Morgan fingerprint density at radius 1 is 1.57 bits per heavy atom. The first kappa shape index (κ1) is 15.2. The third kappa shape index (κ3) is 2.97. The summed E-state index contributed by atoms with van der Waals surface area (Å²) in [6, 6.07) is 1.85. The van der Waals surface area contributed by atoms with E-state index in [0.717, 1.165) is 22.6 Å². The molecule has 0 bridgehead atoms. The molecule has 0 saturated heterocycles. The van der Waals surface area contributed by atoms with Gasteiger partial charge in [0.05, 0.1) is 18.9 Å². The summed E-state index contributed by atoms with van der Waals surface area (Å²) in [4.78, 5) is 20.1. The van der Waals surface area contributed by atoms with E-state index in [9.17, 15) is 4.79 Å². The van der Waals surface area contributed by atoms with Gasteiger partial charge in [0.15, 0.2) is 0 Å². The van der Waals surface area contributed by atoms with Crippen LogP contribution in [0.5, 0.6) is 0 Å². The van der Waals surface area contributed by atoms with Gasteiger partial charge in [-0.05, 0) is 31.0 Å². The molecule has 8 heteroatoms. The minimum Gasteiger partial charge on any atom is -0.462 e. The predicted molar refractivity (Wildman–Crippen MR) is 79.8 cm³/mol. The van der Waals surface area contributed by atoms with Crippen molar-refractivity contribution in [3.8, 4) is 0 Å². The molecule has 110 valence electrons. The SMILES string of the molecule is CCOC(=O)c1sc2nc(C)cc(COC)c2c1N=[N+]=[N-]. The highest BCUT2D eigenvalue weighted by molar-refractivity contribution is 7.21. The van der Waals surface area contributed by atoms with Crippen molar-refractivity contribution in [1.29, 1.82) is 0 Å². The lowest BCUT2D eigenvalue weighted by Crippen LogP contribution is -2.02. The number of fused-ring (bicyclic) bond motifs is 1. The Morgan fingerprint density at radius 3 is 2.95 bits per heavy atom. The van der Waals surface area contributed by atoms with E-state index < -0.39 is 5.97 Å². The Balaban J connectivity index is 2.76. The molecule has 0 unspecified atom stereocenters. The number of thiophene rings is 1. The second-order valence-electron chi connectivity index (χ2n) is 4.23. The number of carbonyl (C=O) groups excluding carboxylic acids is 1. The lowest BCUT2D eigenvalue weighted by Gasteiger charge is -2.04. The number of aromatic nitrogens is 1. The molecule has 0 atom stereocenters. The first-order chi connectivity index (χ1) is 10.1. The van der Waals surface area contributed by atoms with E-state index in [1.54, 1.807) is 14.0 Å². The maximum atomic E-state index is 12.0. The van der Waals surface area contributed by atoms with Crippen molar-refractivity contribution in [2.45, 2.75) is 20.5 Å². The smallest absolute Gasteiger partial charge is 0.348 e. The van der Waals surface area contributed by atoms with Crippen LogP contribution in [0.15, 0.2) is 11.2 Å². The highest BCUT2D eigenvalue weighted by Crippen LogP contribution is 2.40. The fourth-order valence-corrected chi connectivity index (χ4v) is 3.13. The number of esters is 1. The molecule has 0 amide bonds. The van der Waals surface area contributed by atoms with Crippen LogP contribution in [0.3, 0.4) is 0 Å². The van der Waals surface area contributed by atoms with Crippen molar-refractivity contribution < 1.29 is 14.3 Å². The van der Waals surface area contributed by atoms with Crippen LogP contribution < -0.4 is 0 Å². The van der Waals surface area contributed by atoms with Gasteiger partial charge in [-0.25, -0.2) is 9.78 Å². The van der Waals surface area contributed by atoms with Crippen molar-refractivity contribution in [2.75, 3.05) is 13.7 Å². The van der Waals surface area contributed by atoms with E-state index in [1.165, 1.54) is 0 Å². The number of rotatable bonds is 5. The van der Waals surface area contributed by atoms with Gasteiger partial charge in [-0.1, -0.05) is 5.11 Å². The Bertz CT molecular complexity index is 735. The number of carbonyl (C=O) groups is 1. The van der Waals surface area contributed by atoms with E-state index in [4.69, 9.17) is 15.0 Å². The van der Waals surface area contributed by atoms with Gasteiger partial charge in [0.2, 0.25) is 0 Å². The summed E-state index contributed by atoms with van der Waals surface area (Å²) in [5, 5.41) is 4.31. The molecular weight excluding hydrogens is 292 g/mol. The molecule has 21 heavy (non-hydrogen) atoms. The second-order valence-corrected chi connectivity index (χ2v) is 5.22. The van der Waals surface area contributed by atoms with Gasteiger partial charge in [-0.3, -0.25) is 0 Å². The Morgan fingerprint density at radius 2 is 2.33 bits per heavy atom. The Hall–Kier alpha value is -2.15. The van der Waals surface area contributed by atoms with Crippen LogP contribution in [0.4, 0.5) is 5.69 Å². The van der Waals surface area contributed by atoms with Crippen LogP contribution in [0, 0.1) is 6.92 Å². The minimum atomic E-state index is -0.510. The summed E-state index contributed by atoms with van der Waals surface area (Å²) in [7, 11) is 1.58. The van der Waals surface area contributed by atoms with Gasteiger partial charge < -0.3 is 9.47 Å². The quantitative estimate of drug-likeness (QED) is 0.362. The molecule has 2 heterocycles. The summed E-state index contributed by atoms with van der Waals surface area (Å²) in [5.41, 5.74) is 10.7. The minimum absolute atomic E-state index is 0.250. The molecule has 0 aliphatic heterocycles. The van der Waals surface area contributed by atoms with Crippen molar-refractivity contribution in [2.24, 2.45) is 5.11 Å². The number of methoxy groups -OCH3 is 1. The van der Waals surface area contributed by atoms with Gasteiger partial charge in [0.25, 0.3) is 0 Å². The zero-order valence-corrected chi connectivity index (χ0v) is 12.7. The Kier molecular flexibility index (Phi) is 4.74. The lowest BCUT2D eigenvalue weighted by atomic mass is 10.1. The van der Waals surface area contributed by atoms with Gasteiger partial charge >= 0.3 is 5.97 Å². The van der Waals surface area contributed by atoms with E-state index in [0.29, 0.717) is 16.8 Å². The standard InChI is InChI=1S/C13H14N4O3S/c1-4-20-13(18)11-10(16-17-14)9-8(6-19-3)5-7(2)15-12(9)21-11/h5H,4,6H2,1-3H3. The predicted octanol–water partition coefficient (Wildman–Crippen LogP) is 3.87. The number of ether oxygens (including phenoxy) is 2. The maximum Gasteiger partial charge on any atom is 0.348 e. The van der Waals surface area contributed by atoms with Gasteiger partial charge in [-0.15, -0.1) is 11.3 Å². The fourth-order valence-electron chi connectivity index (χ4n) is 2.04. The van der Waals surface area contributed by atoms with Gasteiger partial charge in [0, 0.05) is 23.1 Å². The summed E-state index contributed by atoms with van der Waals surface area (Å²) in [6.07, 6.45) is 0. The first-order valence-electron chi connectivity index (χ1n) is 6.26. The summed E-state index contributed by atoms with van der Waals surface area (Å²) in [6.45, 7) is 4.17. The summed E-state index contributed by atoms with van der Waals surface area (Å²) < 4.78 is 10.2. The number of nitrogens with zero attached hydrogens (tertiary/aromatic N) is 4. The molecule has 2 aromatic rings. The molecule has 2 rings (SSSR count). The Labute approximate surface area is 125 Å². The van der Waals surface area contributed by atoms with Crippen LogP contribution >= 0.6 is 11.3 Å². The second kappa shape index (κ2) is 6.53. The molecule has 0 aromatic carbocycles. The van der Waals surface area contributed by atoms with E-state index >= 15 is 0 Å². The zero-order chi connectivity index (χ0) is 15.4. The van der Waals surface area contributed by atoms with Crippen molar-refractivity contribution in [1.82, 2.24) is 4.98 Å². The van der Waals surface area contributed by atoms with Crippen LogP contribution in [0.25, 0.3) is 20.7 Å². The first-order valence-corrected chi connectivity index (χ1v) is 7.08. The van der Waals surface area contributed by atoms with E-state index in [1.807, 2.05) is 13.0 Å². The molecule has 7 nitrogen and oxygen atoms in total. The zero-order valence-electron chi connectivity index (χ0n) is 11.9. The van der Waals surface area contributed by atoms with Crippen LogP contribution in [-0.2, 0) is 16.1 Å². The molecule has 0 aliphatic carbocycles. The lowest BCUT2D eigenvalue weighted by molar-refractivity contribution is 0.0533. The van der Waals surface area contributed by atoms with Gasteiger partial charge in [-0.2, -0.15) is 0 Å². The van der Waals surface area contributed by atoms with Gasteiger partial charge in [0.1, 0.15) is 9.71 Å². The third-order valence-corrected chi connectivity index (χ3v) is 3.80.